The zero-order chi connectivity index (χ0) is 12.3. The van der Waals surface area contributed by atoms with Crippen molar-refractivity contribution < 1.29 is 4.52 Å². The fourth-order valence-corrected chi connectivity index (χ4v) is 2.66. The van der Waals surface area contributed by atoms with Gasteiger partial charge in [0.1, 0.15) is 6.26 Å². The van der Waals surface area contributed by atoms with E-state index in [4.69, 9.17) is 4.52 Å². The van der Waals surface area contributed by atoms with Gasteiger partial charge in [-0.05, 0) is 24.8 Å². The van der Waals surface area contributed by atoms with Crippen LogP contribution in [0.1, 0.15) is 26.0 Å². The molecule has 4 heteroatoms. The van der Waals surface area contributed by atoms with Crippen molar-refractivity contribution >= 4 is 0 Å². The van der Waals surface area contributed by atoms with Crippen LogP contribution in [0.2, 0.25) is 0 Å². The second kappa shape index (κ2) is 5.33. The third kappa shape index (κ3) is 2.86. The highest BCUT2D eigenvalue weighted by Gasteiger charge is 2.31. The Balaban J connectivity index is 1.95. The molecule has 1 aromatic rings. The van der Waals surface area contributed by atoms with Gasteiger partial charge in [0.05, 0.1) is 17.7 Å². The molecule has 1 saturated heterocycles. The smallest absolute Gasteiger partial charge is 0.124 e. The Morgan fingerprint density at radius 3 is 3.06 bits per heavy atom. The van der Waals surface area contributed by atoms with E-state index in [1.54, 1.807) is 6.26 Å². The summed E-state index contributed by atoms with van der Waals surface area (Å²) in [5, 5.41) is 13.2. The first-order valence-corrected chi connectivity index (χ1v) is 6.22. The van der Waals surface area contributed by atoms with Crippen LogP contribution in [0.3, 0.4) is 0 Å². The fourth-order valence-electron chi connectivity index (χ4n) is 2.66. The molecule has 2 unspecified atom stereocenters. The zero-order valence-electron chi connectivity index (χ0n) is 10.5. The Labute approximate surface area is 102 Å². The SMILES string of the molecule is CC(C)C1CCN(Cc2ccon2)CC1C#N. The molecule has 1 fully saturated rings. The molecule has 1 aromatic heterocycles. The molecule has 17 heavy (non-hydrogen) atoms. The Morgan fingerprint density at radius 1 is 1.65 bits per heavy atom. The molecule has 0 saturated carbocycles. The number of nitriles is 1. The minimum atomic E-state index is 0.149. The van der Waals surface area contributed by atoms with E-state index in [-0.39, 0.29) is 5.92 Å². The summed E-state index contributed by atoms with van der Waals surface area (Å²) in [6.07, 6.45) is 2.70. The predicted octanol–water partition coefficient (Wildman–Crippen LogP) is 2.29. The van der Waals surface area contributed by atoms with E-state index >= 15 is 0 Å². The number of nitrogens with zero attached hydrogens (tertiary/aromatic N) is 3. The standard InChI is InChI=1S/C13H19N3O/c1-10(2)13-3-5-16(8-11(13)7-14)9-12-4-6-17-15-12/h4,6,10-11,13H,3,5,8-9H2,1-2H3. The van der Waals surface area contributed by atoms with E-state index in [0.29, 0.717) is 11.8 Å². The minimum Gasteiger partial charge on any atom is -0.364 e. The van der Waals surface area contributed by atoms with Crippen molar-refractivity contribution in [1.29, 1.82) is 5.26 Å². The number of rotatable bonds is 3. The maximum atomic E-state index is 9.24. The molecular weight excluding hydrogens is 214 g/mol. The molecule has 92 valence electrons. The molecule has 0 bridgehead atoms. The third-order valence-corrected chi connectivity index (χ3v) is 3.65. The minimum absolute atomic E-state index is 0.149. The summed E-state index contributed by atoms with van der Waals surface area (Å²) in [5.41, 5.74) is 0.949. The summed E-state index contributed by atoms with van der Waals surface area (Å²) >= 11 is 0. The molecule has 2 atom stereocenters. The topological polar surface area (TPSA) is 53.1 Å². The van der Waals surface area contributed by atoms with Crippen molar-refractivity contribution in [3.63, 3.8) is 0 Å². The van der Waals surface area contributed by atoms with Crippen LogP contribution in [0.4, 0.5) is 0 Å². The molecule has 4 nitrogen and oxygen atoms in total. The first-order chi connectivity index (χ1) is 8.20. The lowest BCUT2D eigenvalue weighted by Crippen LogP contribution is -2.41. The van der Waals surface area contributed by atoms with Gasteiger partial charge in [-0.25, -0.2) is 0 Å². The maximum absolute atomic E-state index is 9.24. The van der Waals surface area contributed by atoms with Crippen LogP contribution in [-0.2, 0) is 6.54 Å². The Kier molecular flexibility index (Phi) is 3.80. The summed E-state index contributed by atoms with van der Waals surface area (Å²) in [5.74, 6) is 1.28. The van der Waals surface area contributed by atoms with Crippen LogP contribution in [0, 0.1) is 29.1 Å². The van der Waals surface area contributed by atoms with E-state index in [0.717, 1.165) is 31.7 Å². The van der Waals surface area contributed by atoms with Gasteiger partial charge in [0.15, 0.2) is 0 Å². The fraction of sp³-hybridized carbons (Fsp3) is 0.692. The number of hydrogen-bond acceptors (Lipinski definition) is 4. The van der Waals surface area contributed by atoms with Gasteiger partial charge in [0, 0.05) is 19.2 Å². The van der Waals surface area contributed by atoms with Crippen LogP contribution in [0.5, 0.6) is 0 Å². The van der Waals surface area contributed by atoms with Crippen molar-refractivity contribution in [2.24, 2.45) is 17.8 Å². The first kappa shape index (κ1) is 12.1. The Hall–Kier alpha value is -1.34. The third-order valence-electron chi connectivity index (χ3n) is 3.65. The highest BCUT2D eigenvalue weighted by atomic mass is 16.5. The van der Waals surface area contributed by atoms with Crippen molar-refractivity contribution in [2.75, 3.05) is 13.1 Å². The summed E-state index contributed by atoms with van der Waals surface area (Å²) < 4.78 is 4.83. The number of hydrogen-bond donors (Lipinski definition) is 0. The van der Waals surface area contributed by atoms with Gasteiger partial charge >= 0.3 is 0 Å². The van der Waals surface area contributed by atoms with E-state index in [1.165, 1.54) is 0 Å². The van der Waals surface area contributed by atoms with Crippen LogP contribution >= 0.6 is 0 Å². The van der Waals surface area contributed by atoms with Crippen LogP contribution in [-0.4, -0.2) is 23.1 Å². The largest absolute Gasteiger partial charge is 0.364 e. The summed E-state index contributed by atoms with van der Waals surface area (Å²) in [7, 11) is 0. The maximum Gasteiger partial charge on any atom is 0.124 e. The van der Waals surface area contributed by atoms with Crippen LogP contribution in [0.15, 0.2) is 16.9 Å². The van der Waals surface area contributed by atoms with E-state index in [2.05, 4.69) is 30.0 Å². The van der Waals surface area contributed by atoms with Gasteiger partial charge in [-0.2, -0.15) is 5.26 Å². The quantitative estimate of drug-likeness (QED) is 0.803. The molecule has 0 spiro atoms. The molecule has 2 heterocycles. The average Bonchev–Trinajstić information content (AvgIpc) is 2.81. The van der Waals surface area contributed by atoms with E-state index in [9.17, 15) is 5.26 Å². The molecule has 1 aliphatic heterocycles. The lowest BCUT2D eigenvalue weighted by molar-refractivity contribution is 0.113. The normalized spacial score (nSPS) is 26.0. The molecule has 1 aliphatic rings. The van der Waals surface area contributed by atoms with Crippen molar-refractivity contribution in [1.82, 2.24) is 10.1 Å². The first-order valence-electron chi connectivity index (χ1n) is 6.22. The molecule has 0 aliphatic carbocycles. The average molecular weight is 233 g/mol. The van der Waals surface area contributed by atoms with Crippen molar-refractivity contribution in [3.05, 3.63) is 18.0 Å². The number of aromatic nitrogens is 1. The van der Waals surface area contributed by atoms with Crippen molar-refractivity contribution in [3.8, 4) is 6.07 Å². The van der Waals surface area contributed by atoms with Gasteiger partial charge in [-0.3, -0.25) is 4.90 Å². The summed E-state index contributed by atoms with van der Waals surface area (Å²) in [4.78, 5) is 2.30. The number of likely N-dealkylation sites (tertiary alicyclic amines) is 1. The van der Waals surface area contributed by atoms with E-state index < -0.39 is 0 Å². The molecule has 0 radical (unpaired) electrons. The summed E-state index contributed by atoms with van der Waals surface area (Å²) in [6.45, 7) is 7.12. The molecule has 0 aromatic carbocycles. The van der Waals surface area contributed by atoms with Crippen molar-refractivity contribution in [2.45, 2.75) is 26.8 Å². The molecule has 0 amide bonds. The van der Waals surface area contributed by atoms with Crippen LogP contribution in [0.25, 0.3) is 0 Å². The van der Waals surface area contributed by atoms with E-state index in [1.807, 2.05) is 6.07 Å². The second-order valence-corrected chi connectivity index (χ2v) is 5.16. The Bertz CT molecular complexity index is 380. The van der Waals surface area contributed by atoms with Gasteiger partial charge in [-0.1, -0.05) is 19.0 Å². The van der Waals surface area contributed by atoms with Gasteiger partial charge in [0.25, 0.3) is 0 Å². The zero-order valence-corrected chi connectivity index (χ0v) is 10.5. The lowest BCUT2D eigenvalue weighted by atomic mass is 9.79. The molecular formula is C13H19N3O. The monoisotopic (exact) mass is 233 g/mol. The predicted molar refractivity (Wildman–Crippen MR) is 63.8 cm³/mol. The number of piperidine rings is 1. The van der Waals surface area contributed by atoms with Gasteiger partial charge in [-0.15, -0.1) is 0 Å². The highest BCUT2D eigenvalue weighted by molar-refractivity contribution is 4.99. The molecule has 0 N–H and O–H groups in total. The molecule has 2 rings (SSSR count). The Morgan fingerprint density at radius 2 is 2.47 bits per heavy atom. The van der Waals surface area contributed by atoms with Gasteiger partial charge in [0.2, 0.25) is 0 Å². The summed E-state index contributed by atoms with van der Waals surface area (Å²) in [6, 6.07) is 4.34. The lowest BCUT2D eigenvalue weighted by Gasteiger charge is -2.36. The van der Waals surface area contributed by atoms with Gasteiger partial charge < -0.3 is 4.52 Å². The highest BCUT2D eigenvalue weighted by Crippen LogP contribution is 2.30. The van der Waals surface area contributed by atoms with Crippen LogP contribution < -0.4 is 0 Å². The second-order valence-electron chi connectivity index (χ2n) is 5.16.